The number of piperidine rings is 1. The van der Waals surface area contributed by atoms with Crippen LogP contribution in [0.25, 0.3) is 5.57 Å². The summed E-state index contributed by atoms with van der Waals surface area (Å²) < 4.78 is 0. The number of pyridine rings is 1. The molecule has 1 fully saturated rings. The van der Waals surface area contributed by atoms with Gasteiger partial charge in [-0.2, -0.15) is 0 Å². The fourth-order valence-corrected chi connectivity index (χ4v) is 4.52. The number of rotatable bonds is 0. The molecule has 4 heteroatoms. The zero-order chi connectivity index (χ0) is 15.1. The van der Waals surface area contributed by atoms with Crippen LogP contribution in [0.15, 0.2) is 52.0 Å². The van der Waals surface area contributed by atoms with Crippen LogP contribution in [-0.2, 0) is 0 Å². The summed E-state index contributed by atoms with van der Waals surface area (Å²) in [6, 6.07) is 10.5. The van der Waals surface area contributed by atoms with E-state index in [4.69, 9.17) is 11.6 Å². The van der Waals surface area contributed by atoms with Gasteiger partial charge in [-0.25, -0.2) is 4.98 Å². The zero-order valence-corrected chi connectivity index (χ0v) is 14.0. The maximum atomic E-state index is 6.20. The highest BCUT2D eigenvalue weighted by Crippen LogP contribution is 2.47. The first-order valence-electron chi connectivity index (χ1n) is 7.56. The monoisotopic (exact) mass is 328 g/mol. The average Bonchev–Trinajstić information content (AvgIpc) is 2.53. The Balaban J connectivity index is 1.92. The van der Waals surface area contributed by atoms with Gasteiger partial charge in [-0.1, -0.05) is 41.1 Å². The summed E-state index contributed by atoms with van der Waals surface area (Å²) in [4.78, 5) is 8.20. The topological polar surface area (TPSA) is 16.1 Å². The molecular formula is C18H17ClN2S. The number of aromatic nitrogens is 1. The van der Waals surface area contributed by atoms with Gasteiger partial charge in [0, 0.05) is 34.8 Å². The highest BCUT2D eigenvalue weighted by Gasteiger charge is 2.25. The van der Waals surface area contributed by atoms with Crippen LogP contribution in [0.5, 0.6) is 0 Å². The van der Waals surface area contributed by atoms with Crippen LogP contribution in [0.3, 0.4) is 0 Å². The molecule has 0 radical (unpaired) electrons. The van der Waals surface area contributed by atoms with Crippen LogP contribution in [-0.4, -0.2) is 30.0 Å². The third-order valence-electron chi connectivity index (χ3n) is 4.40. The predicted molar refractivity (Wildman–Crippen MR) is 92.6 cm³/mol. The number of halogens is 1. The van der Waals surface area contributed by atoms with Crippen LogP contribution in [0.1, 0.15) is 24.0 Å². The smallest absolute Gasteiger partial charge is 0.109 e. The lowest BCUT2D eigenvalue weighted by Crippen LogP contribution is -2.27. The Bertz CT molecular complexity index is 759. The minimum absolute atomic E-state index is 0.790. The summed E-state index contributed by atoms with van der Waals surface area (Å²) in [7, 11) is 2.20. The molecular weight excluding hydrogens is 312 g/mol. The first-order valence-corrected chi connectivity index (χ1v) is 8.75. The molecule has 0 N–H and O–H groups in total. The lowest BCUT2D eigenvalue weighted by atomic mass is 9.89. The maximum Gasteiger partial charge on any atom is 0.109 e. The van der Waals surface area contributed by atoms with Crippen molar-refractivity contribution in [2.75, 3.05) is 20.1 Å². The minimum atomic E-state index is 0.790. The molecule has 0 amide bonds. The lowest BCUT2D eigenvalue weighted by Gasteiger charge is -2.29. The highest BCUT2D eigenvalue weighted by molar-refractivity contribution is 7.99. The Labute approximate surface area is 140 Å². The molecule has 0 atom stereocenters. The van der Waals surface area contributed by atoms with E-state index in [9.17, 15) is 0 Å². The number of nitrogens with zero attached hydrogens (tertiary/aromatic N) is 2. The van der Waals surface area contributed by atoms with Crippen LogP contribution in [0.4, 0.5) is 0 Å². The van der Waals surface area contributed by atoms with E-state index in [1.54, 1.807) is 17.3 Å². The van der Waals surface area contributed by atoms with Crippen LogP contribution in [0, 0.1) is 0 Å². The van der Waals surface area contributed by atoms with Crippen LogP contribution < -0.4 is 0 Å². The molecule has 1 aromatic heterocycles. The zero-order valence-electron chi connectivity index (χ0n) is 12.5. The van der Waals surface area contributed by atoms with E-state index >= 15 is 0 Å². The summed E-state index contributed by atoms with van der Waals surface area (Å²) in [6.45, 7) is 2.26. The van der Waals surface area contributed by atoms with Gasteiger partial charge >= 0.3 is 0 Å². The van der Waals surface area contributed by atoms with Crippen molar-refractivity contribution < 1.29 is 0 Å². The lowest BCUT2D eigenvalue weighted by molar-refractivity contribution is 0.313. The Morgan fingerprint density at radius 1 is 1.14 bits per heavy atom. The largest absolute Gasteiger partial charge is 0.306 e. The van der Waals surface area contributed by atoms with Gasteiger partial charge in [-0.05, 0) is 49.2 Å². The molecule has 2 nitrogen and oxygen atoms in total. The minimum Gasteiger partial charge on any atom is -0.306 e. The first kappa shape index (κ1) is 14.3. The average molecular weight is 329 g/mol. The predicted octanol–water partition coefficient (Wildman–Crippen LogP) is 4.73. The van der Waals surface area contributed by atoms with Gasteiger partial charge in [0.1, 0.15) is 5.03 Å². The molecule has 1 saturated heterocycles. The summed E-state index contributed by atoms with van der Waals surface area (Å²) in [5, 5.41) is 1.89. The van der Waals surface area contributed by atoms with Gasteiger partial charge in [0.15, 0.2) is 0 Å². The van der Waals surface area contributed by atoms with Crippen molar-refractivity contribution in [1.29, 1.82) is 0 Å². The van der Waals surface area contributed by atoms with E-state index in [0.717, 1.165) is 36.0 Å². The Morgan fingerprint density at radius 3 is 2.77 bits per heavy atom. The summed E-state index contributed by atoms with van der Waals surface area (Å²) in [6.07, 6.45) is 4.14. The summed E-state index contributed by atoms with van der Waals surface area (Å²) in [5.74, 6) is 0. The number of fused-ring (bicyclic) bond motifs is 2. The van der Waals surface area contributed by atoms with Crippen molar-refractivity contribution in [3.05, 3.63) is 58.3 Å². The van der Waals surface area contributed by atoms with Gasteiger partial charge in [0.25, 0.3) is 0 Å². The van der Waals surface area contributed by atoms with E-state index in [1.165, 1.54) is 21.6 Å². The molecule has 1 aromatic carbocycles. The molecule has 0 spiro atoms. The molecule has 0 unspecified atom stereocenters. The molecule has 112 valence electrons. The fourth-order valence-electron chi connectivity index (χ4n) is 3.22. The quantitative estimate of drug-likeness (QED) is 0.593. The van der Waals surface area contributed by atoms with Gasteiger partial charge < -0.3 is 4.90 Å². The Kier molecular flexibility index (Phi) is 3.73. The third kappa shape index (κ3) is 2.47. The van der Waals surface area contributed by atoms with Crippen molar-refractivity contribution in [1.82, 2.24) is 9.88 Å². The first-order chi connectivity index (χ1) is 10.7. The van der Waals surface area contributed by atoms with E-state index < -0.39 is 0 Å². The van der Waals surface area contributed by atoms with E-state index in [-0.39, 0.29) is 0 Å². The molecule has 3 heterocycles. The van der Waals surface area contributed by atoms with Gasteiger partial charge in [0.05, 0.1) is 0 Å². The van der Waals surface area contributed by atoms with E-state index in [2.05, 4.69) is 35.1 Å². The van der Waals surface area contributed by atoms with Crippen molar-refractivity contribution in [2.24, 2.45) is 0 Å². The van der Waals surface area contributed by atoms with E-state index in [0.29, 0.717) is 0 Å². The Hall–Kier alpha value is -1.29. The summed E-state index contributed by atoms with van der Waals surface area (Å²) >= 11 is 7.92. The standard InChI is InChI=1S/C18H17ClN2S/c1-21-9-6-12(7-10-21)17-14-5-4-13(19)11-16(14)22-18-15(17)3-2-8-20-18/h2-5,8,11H,6-7,9-10H2,1H3. The molecule has 2 aliphatic rings. The van der Waals surface area contributed by atoms with E-state index in [1.807, 2.05) is 18.3 Å². The SMILES string of the molecule is CN1CCC(=C2c3ccc(Cl)cc3Sc3ncccc32)CC1. The number of likely N-dealkylation sites (tertiary alicyclic amines) is 1. The molecule has 0 aliphatic carbocycles. The molecule has 22 heavy (non-hydrogen) atoms. The van der Waals surface area contributed by atoms with Crippen LogP contribution >= 0.6 is 23.4 Å². The second kappa shape index (κ2) is 5.73. The molecule has 0 bridgehead atoms. The van der Waals surface area contributed by atoms with Gasteiger partial charge in [-0.15, -0.1) is 0 Å². The number of hydrogen-bond donors (Lipinski definition) is 0. The fraction of sp³-hybridized carbons (Fsp3) is 0.278. The molecule has 2 aliphatic heterocycles. The van der Waals surface area contributed by atoms with Gasteiger partial charge in [-0.3, -0.25) is 0 Å². The Morgan fingerprint density at radius 2 is 1.95 bits per heavy atom. The van der Waals surface area contributed by atoms with Crippen LogP contribution in [0.2, 0.25) is 5.02 Å². The molecule has 2 aromatic rings. The number of benzene rings is 1. The second-order valence-corrected chi connectivity index (χ2v) is 7.35. The normalized spacial score (nSPS) is 18.1. The van der Waals surface area contributed by atoms with Gasteiger partial charge in [0.2, 0.25) is 0 Å². The second-order valence-electron chi connectivity index (χ2n) is 5.88. The maximum absolute atomic E-state index is 6.20. The summed E-state index contributed by atoms with van der Waals surface area (Å²) in [5.41, 5.74) is 5.54. The molecule has 0 saturated carbocycles. The highest BCUT2D eigenvalue weighted by atomic mass is 35.5. The third-order valence-corrected chi connectivity index (χ3v) is 5.72. The van der Waals surface area contributed by atoms with Crippen molar-refractivity contribution in [3.8, 4) is 0 Å². The van der Waals surface area contributed by atoms with Crippen molar-refractivity contribution >= 4 is 28.9 Å². The van der Waals surface area contributed by atoms with Crippen molar-refractivity contribution in [2.45, 2.75) is 22.8 Å². The molecule has 4 rings (SSSR count). The van der Waals surface area contributed by atoms with Crippen molar-refractivity contribution in [3.63, 3.8) is 0 Å². The number of hydrogen-bond acceptors (Lipinski definition) is 3.